The third-order valence-electron chi connectivity index (χ3n) is 4.08. The van der Waals surface area contributed by atoms with E-state index in [4.69, 9.17) is 0 Å². The molecule has 1 saturated carbocycles. The molecule has 1 heterocycles. The fourth-order valence-corrected chi connectivity index (χ4v) is 2.92. The quantitative estimate of drug-likeness (QED) is 0.756. The molecule has 104 valence electrons. The van der Waals surface area contributed by atoms with Crippen LogP contribution >= 0.6 is 0 Å². The van der Waals surface area contributed by atoms with Gasteiger partial charge in [0.1, 0.15) is 0 Å². The van der Waals surface area contributed by atoms with Crippen LogP contribution in [0.15, 0.2) is 40.7 Å². The summed E-state index contributed by atoms with van der Waals surface area (Å²) in [6, 6.07) is 8.02. The third-order valence-corrected chi connectivity index (χ3v) is 4.08. The van der Waals surface area contributed by atoms with Crippen molar-refractivity contribution < 1.29 is 0 Å². The summed E-state index contributed by atoms with van der Waals surface area (Å²) in [6.07, 6.45) is 9.82. The van der Waals surface area contributed by atoms with Gasteiger partial charge in [0.15, 0.2) is 0 Å². The number of azo groups is 1. The molecule has 2 aromatic rings. The molecule has 1 aromatic carbocycles. The first-order valence-corrected chi connectivity index (χ1v) is 7.51. The van der Waals surface area contributed by atoms with Crippen LogP contribution in [0, 0.1) is 5.92 Å². The standard InChI is InChI=1S/C16H20N4/c1-2-6-13(7-3-1)10-11-17-19-16-15-9-5-4-8-14(15)12-18-20-16/h4-5,8-9,12-13H,1-3,6-7,10-11H2. The number of rotatable bonds is 4. The van der Waals surface area contributed by atoms with Gasteiger partial charge in [-0.05, 0) is 12.3 Å². The van der Waals surface area contributed by atoms with Crippen LogP contribution in [0.4, 0.5) is 5.82 Å². The topological polar surface area (TPSA) is 50.5 Å². The second kappa shape index (κ2) is 6.55. The highest BCUT2D eigenvalue weighted by molar-refractivity contribution is 5.89. The number of nitrogens with zero attached hydrogens (tertiary/aromatic N) is 4. The summed E-state index contributed by atoms with van der Waals surface area (Å²) in [5.41, 5.74) is 0. The van der Waals surface area contributed by atoms with Crippen LogP contribution in [-0.2, 0) is 0 Å². The Hall–Kier alpha value is -1.84. The molecule has 0 spiro atoms. The molecular weight excluding hydrogens is 248 g/mol. The predicted molar refractivity (Wildman–Crippen MR) is 80.1 cm³/mol. The van der Waals surface area contributed by atoms with Crippen LogP contribution in [0.3, 0.4) is 0 Å². The Balaban J connectivity index is 1.62. The lowest BCUT2D eigenvalue weighted by Gasteiger charge is -2.20. The maximum Gasteiger partial charge on any atom is 0.203 e. The van der Waals surface area contributed by atoms with Crippen LogP contribution < -0.4 is 0 Å². The van der Waals surface area contributed by atoms with Gasteiger partial charge in [0.2, 0.25) is 5.82 Å². The Morgan fingerprint density at radius 2 is 1.95 bits per heavy atom. The lowest BCUT2D eigenvalue weighted by molar-refractivity contribution is 0.342. The highest BCUT2D eigenvalue weighted by Gasteiger charge is 2.12. The minimum Gasteiger partial charge on any atom is -0.187 e. The van der Waals surface area contributed by atoms with Crippen molar-refractivity contribution in [1.29, 1.82) is 0 Å². The minimum absolute atomic E-state index is 0.631. The number of fused-ring (bicyclic) bond motifs is 1. The van der Waals surface area contributed by atoms with E-state index in [1.807, 2.05) is 24.3 Å². The number of aromatic nitrogens is 2. The zero-order valence-corrected chi connectivity index (χ0v) is 11.7. The van der Waals surface area contributed by atoms with Crippen molar-refractivity contribution in [3.63, 3.8) is 0 Å². The van der Waals surface area contributed by atoms with E-state index in [9.17, 15) is 0 Å². The molecule has 0 unspecified atom stereocenters. The third kappa shape index (κ3) is 3.18. The van der Waals surface area contributed by atoms with Crippen molar-refractivity contribution in [2.45, 2.75) is 38.5 Å². The second-order valence-electron chi connectivity index (χ2n) is 5.51. The zero-order chi connectivity index (χ0) is 13.6. The number of benzene rings is 1. The molecule has 0 atom stereocenters. The molecule has 0 radical (unpaired) electrons. The van der Waals surface area contributed by atoms with Crippen molar-refractivity contribution >= 4 is 16.6 Å². The molecule has 4 heteroatoms. The average molecular weight is 268 g/mol. The molecular formula is C16H20N4. The molecule has 1 aromatic heterocycles. The van der Waals surface area contributed by atoms with E-state index >= 15 is 0 Å². The van der Waals surface area contributed by atoms with Gasteiger partial charge in [-0.1, -0.05) is 56.4 Å². The van der Waals surface area contributed by atoms with E-state index in [0.29, 0.717) is 5.82 Å². The molecule has 0 aliphatic heterocycles. The summed E-state index contributed by atoms with van der Waals surface area (Å²) < 4.78 is 0. The summed E-state index contributed by atoms with van der Waals surface area (Å²) in [5, 5.41) is 18.7. The summed E-state index contributed by atoms with van der Waals surface area (Å²) in [7, 11) is 0. The van der Waals surface area contributed by atoms with E-state index in [-0.39, 0.29) is 0 Å². The van der Waals surface area contributed by atoms with Crippen LogP contribution in [0.25, 0.3) is 10.8 Å². The van der Waals surface area contributed by atoms with Gasteiger partial charge in [0.05, 0.1) is 12.7 Å². The Morgan fingerprint density at radius 1 is 1.10 bits per heavy atom. The summed E-state index contributed by atoms with van der Waals surface area (Å²) in [6.45, 7) is 0.801. The van der Waals surface area contributed by atoms with Gasteiger partial charge in [-0.3, -0.25) is 0 Å². The molecule has 0 bridgehead atoms. The van der Waals surface area contributed by atoms with E-state index in [1.54, 1.807) is 6.20 Å². The lowest BCUT2D eigenvalue weighted by atomic mass is 9.87. The highest BCUT2D eigenvalue weighted by Crippen LogP contribution is 2.26. The minimum atomic E-state index is 0.631. The van der Waals surface area contributed by atoms with Gasteiger partial charge in [-0.2, -0.15) is 10.2 Å². The highest BCUT2D eigenvalue weighted by atomic mass is 15.2. The average Bonchev–Trinajstić information content (AvgIpc) is 2.53. The van der Waals surface area contributed by atoms with Gasteiger partial charge in [-0.25, -0.2) is 0 Å². The van der Waals surface area contributed by atoms with Crippen LogP contribution in [-0.4, -0.2) is 16.7 Å². The Labute approximate surface area is 119 Å². The SMILES string of the molecule is c1ccc2c(N=NCCC3CCCCC3)nncc2c1. The number of hydrogen-bond acceptors (Lipinski definition) is 4. The van der Waals surface area contributed by atoms with Gasteiger partial charge in [0.25, 0.3) is 0 Å². The second-order valence-corrected chi connectivity index (χ2v) is 5.51. The van der Waals surface area contributed by atoms with E-state index in [0.717, 1.165) is 29.7 Å². The predicted octanol–water partition coefficient (Wildman–Crippen LogP) is 4.68. The van der Waals surface area contributed by atoms with Crippen molar-refractivity contribution in [2.24, 2.45) is 16.1 Å². The monoisotopic (exact) mass is 268 g/mol. The zero-order valence-electron chi connectivity index (χ0n) is 11.7. The molecule has 0 N–H and O–H groups in total. The van der Waals surface area contributed by atoms with Crippen LogP contribution in [0.1, 0.15) is 38.5 Å². The fraction of sp³-hybridized carbons (Fsp3) is 0.500. The smallest absolute Gasteiger partial charge is 0.187 e. The molecule has 3 rings (SSSR count). The molecule has 20 heavy (non-hydrogen) atoms. The van der Waals surface area contributed by atoms with Gasteiger partial charge < -0.3 is 0 Å². The fourth-order valence-electron chi connectivity index (χ4n) is 2.92. The van der Waals surface area contributed by atoms with Crippen LogP contribution in [0.5, 0.6) is 0 Å². The summed E-state index contributed by atoms with van der Waals surface area (Å²) >= 11 is 0. The molecule has 0 saturated heterocycles. The molecule has 4 nitrogen and oxygen atoms in total. The maximum atomic E-state index is 4.31. The first kappa shape index (κ1) is 13.2. The first-order valence-electron chi connectivity index (χ1n) is 7.51. The van der Waals surface area contributed by atoms with E-state index < -0.39 is 0 Å². The Kier molecular flexibility index (Phi) is 4.31. The van der Waals surface area contributed by atoms with Gasteiger partial charge >= 0.3 is 0 Å². The normalized spacial score (nSPS) is 17.0. The molecule has 1 aliphatic rings. The Morgan fingerprint density at radius 3 is 2.85 bits per heavy atom. The first-order chi connectivity index (χ1) is 9.93. The van der Waals surface area contributed by atoms with E-state index in [1.165, 1.54) is 32.1 Å². The molecule has 1 fully saturated rings. The van der Waals surface area contributed by atoms with Gasteiger partial charge in [-0.15, -0.1) is 10.2 Å². The summed E-state index contributed by atoms with van der Waals surface area (Å²) in [4.78, 5) is 0. The van der Waals surface area contributed by atoms with Crippen LogP contribution in [0.2, 0.25) is 0 Å². The largest absolute Gasteiger partial charge is 0.203 e. The van der Waals surface area contributed by atoms with Gasteiger partial charge in [0, 0.05) is 10.8 Å². The van der Waals surface area contributed by atoms with Crippen molar-refractivity contribution in [3.05, 3.63) is 30.5 Å². The Bertz CT molecular complexity index is 583. The van der Waals surface area contributed by atoms with Crippen molar-refractivity contribution in [2.75, 3.05) is 6.54 Å². The van der Waals surface area contributed by atoms with E-state index in [2.05, 4.69) is 20.4 Å². The lowest BCUT2D eigenvalue weighted by Crippen LogP contribution is -2.07. The molecule has 1 aliphatic carbocycles. The number of hydrogen-bond donors (Lipinski definition) is 0. The maximum absolute atomic E-state index is 4.31. The van der Waals surface area contributed by atoms with Crippen molar-refractivity contribution in [3.8, 4) is 0 Å². The molecule has 0 amide bonds. The van der Waals surface area contributed by atoms with Crippen molar-refractivity contribution in [1.82, 2.24) is 10.2 Å². The summed E-state index contributed by atoms with van der Waals surface area (Å²) in [5.74, 6) is 1.48.